The zero-order valence-corrected chi connectivity index (χ0v) is 14.2. The second kappa shape index (κ2) is 6.73. The summed E-state index contributed by atoms with van der Waals surface area (Å²) in [7, 11) is 0. The summed E-state index contributed by atoms with van der Waals surface area (Å²) in [6.07, 6.45) is 2.80. The maximum atomic E-state index is 5.57. The van der Waals surface area contributed by atoms with Crippen LogP contribution in [-0.2, 0) is 0 Å². The molecule has 0 saturated heterocycles. The summed E-state index contributed by atoms with van der Waals surface area (Å²) in [6, 6.07) is 8.28. The summed E-state index contributed by atoms with van der Waals surface area (Å²) >= 11 is 7.26. The molecule has 0 amide bonds. The lowest BCUT2D eigenvalue weighted by Gasteiger charge is -2.19. The molecule has 2 aromatic rings. The number of aryl methyl sites for hydroxylation is 1. The summed E-state index contributed by atoms with van der Waals surface area (Å²) in [5, 5.41) is 3.53. The minimum Gasteiger partial charge on any atom is -0.467 e. The highest BCUT2D eigenvalue weighted by Gasteiger charge is 2.19. The molecule has 2 nitrogen and oxygen atoms in total. The topological polar surface area (TPSA) is 25.2 Å². The third kappa shape index (κ3) is 3.50. The van der Waals surface area contributed by atoms with Crippen LogP contribution in [0.4, 0.5) is 0 Å². The molecule has 0 saturated carbocycles. The lowest BCUT2D eigenvalue weighted by atomic mass is 10.0. The zero-order valence-electron chi connectivity index (χ0n) is 11.0. The monoisotopic (exact) mass is 385 g/mol. The maximum Gasteiger partial charge on any atom is 0.125 e. The van der Waals surface area contributed by atoms with E-state index < -0.39 is 0 Å². The molecule has 0 aliphatic rings. The molecule has 0 radical (unpaired) electrons. The highest BCUT2D eigenvalue weighted by molar-refractivity contribution is 9.11. The van der Waals surface area contributed by atoms with Gasteiger partial charge in [0.15, 0.2) is 0 Å². The van der Waals surface area contributed by atoms with Crippen LogP contribution in [0.3, 0.4) is 0 Å². The highest BCUT2D eigenvalue weighted by atomic mass is 79.9. The van der Waals surface area contributed by atoms with Crippen molar-refractivity contribution in [1.82, 2.24) is 5.32 Å². The smallest absolute Gasteiger partial charge is 0.125 e. The van der Waals surface area contributed by atoms with Crippen LogP contribution in [0.15, 0.2) is 43.9 Å². The molecule has 0 bridgehead atoms. The van der Waals surface area contributed by atoms with Gasteiger partial charge in [0, 0.05) is 8.95 Å². The third-order valence-electron chi connectivity index (χ3n) is 3.02. The van der Waals surface area contributed by atoms with E-state index >= 15 is 0 Å². The molecule has 1 unspecified atom stereocenters. The molecule has 1 aromatic carbocycles. The Morgan fingerprint density at radius 2 is 2.05 bits per heavy atom. The number of hydrogen-bond donors (Lipinski definition) is 1. The van der Waals surface area contributed by atoms with Crippen molar-refractivity contribution in [3.8, 4) is 0 Å². The van der Waals surface area contributed by atoms with Crippen LogP contribution in [0.2, 0.25) is 0 Å². The van der Waals surface area contributed by atoms with Gasteiger partial charge in [0.1, 0.15) is 5.76 Å². The van der Waals surface area contributed by atoms with Gasteiger partial charge in [0.25, 0.3) is 0 Å². The largest absolute Gasteiger partial charge is 0.467 e. The number of nitrogens with one attached hydrogen (secondary N) is 1. The molecule has 0 spiro atoms. The van der Waals surface area contributed by atoms with Crippen molar-refractivity contribution < 1.29 is 4.42 Å². The summed E-state index contributed by atoms with van der Waals surface area (Å²) < 4.78 is 7.78. The van der Waals surface area contributed by atoms with E-state index in [1.165, 1.54) is 11.1 Å². The van der Waals surface area contributed by atoms with Crippen molar-refractivity contribution in [3.05, 3.63) is 56.4 Å². The lowest BCUT2D eigenvalue weighted by molar-refractivity contribution is 0.446. The standard InChI is InChI=1S/C15H17Br2NO/c1-3-6-18-15(14-5-4-7-19-14)11-9-12(16)10(2)8-13(11)17/h4-5,7-9,15,18H,3,6H2,1-2H3. The number of halogens is 2. The molecule has 4 heteroatoms. The normalized spacial score (nSPS) is 12.6. The number of furan rings is 1. The summed E-state index contributed by atoms with van der Waals surface area (Å²) in [6.45, 7) is 5.19. The van der Waals surface area contributed by atoms with Crippen LogP contribution < -0.4 is 5.32 Å². The fourth-order valence-electron chi connectivity index (χ4n) is 1.99. The first-order chi connectivity index (χ1) is 9.13. The Morgan fingerprint density at radius 3 is 2.68 bits per heavy atom. The zero-order chi connectivity index (χ0) is 13.8. The predicted octanol–water partition coefficient (Wildman–Crippen LogP) is 5.20. The van der Waals surface area contributed by atoms with E-state index in [4.69, 9.17) is 4.42 Å². The van der Waals surface area contributed by atoms with E-state index in [0.717, 1.165) is 27.7 Å². The van der Waals surface area contributed by atoms with Crippen molar-refractivity contribution in [2.24, 2.45) is 0 Å². The van der Waals surface area contributed by atoms with Gasteiger partial charge < -0.3 is 9.73 Å². The molecule has 1 N–H and O–H groups in total. The third-order valence-corrected chi connectivity index (χ3v) is 4.56. The van der Waals surface area contributed by atoms with Gasteiger partial charge in [-0.1, -0.05) is 38.8 Å². The number of hydrogen-bond acceptors (Lipinski definition) is 2. The van der Waals surface area contributed by atoms with Crippen LogP contribution in [0, 0.1) is 6.92 Å². The second-order valence-corrected chi connectivity index (χ2v) is 6.23. The second-order valence-electron chi connectivity index (χ2n) is 4.53. The van der Waals surface area contributed by atoms with Gasteiger partial charge in [-0.05, 0) is 55.3 Å². The Kier molecular flexibility index (Phi) is 5.25. The molecule has 1 aromatic heterocycles. The number of benzene rings is 1. The van der Waals surface area contributed by atoms with E-state index in [0.29, 0.717) is 0 Å². The van der Waals surface area contributed by atoms with Gasteiger partial charge in [-0.15, -0.1) is 0 Å². The predicted molar refractivity (Wildman–Crippen MR) is 85.4 cm³/mol. The molecular formula is C15H17Br2NO. The van der Waals surface area contributed by atoms with Gasteiger partial charge in [-0.2, -0.15) is 0 Å². The van der Waals surface area contributed by atoms with E-state index in [-0.39, 0.29) is 6.04 Å². The fraction of sp³-hybridized carbons (Fsp3) is 0.333. The average molecular weight is 387 g/mol. The molecule has 102 valence electrons. The van der Waals surface area contributed by atoms with Gasteiger partial charge in [0.2, 0.25) is 0 Å². The van der Waals surface area contributed by atoms with Gasteiger partial charge in [-0.25, -0.2) is 0 Å². The minimum absolute atomic E-state index is 0.0706. The van der Waals surface area contributed by atoms with Crippen molar-refractivity contribution in [2.75, 3.05) is 6.54 Å². The molecule has 0 aliphatic heterocycles. The van der Waals surface area contributed by atoms with Crippen molar-refractivity contribution in [2.45, 2.75) is 26.3 Å². The average Bonchev–Trinajstić information content (AvgIpc) is 2.89. The van der Waals surface area contributed by atoms with E-state index in [9.17, 15) is 0 Å². The molecule has 1 heterocycles. The Labute approximate surface area is 130 Å². The first kappa shape index (κ1) is 14.8. The van der Waals surface area contributed by atoms with Crippen LogP contribution in [0.1, 0.15) is 36.3 Å². The fourth-order valence-corrected chi connectivity index (χ4v) is 3.04. The van der Waals surface area contributed by atoms with Gasteiger partial charge >= 0.3 is 0 Å². The van der Waals surface area contributed by atoms with Crippen LogP contribution in [0.5, 0.6) is 0 Å². The quantitative estimate of drug-likeness (QED) is 0.763. The summed E-state index contributed by atoms with van der Waals surface area (Å²) in [4.78, 5) is 0. The van der Waals surface area contributed by atoms with E-state index in [1.807, 2.05) is 12.1 Å². The molecular weight excluding hydrogens is 370 g/mol. The summed E-state index contributed by atoms with van der Waals surface area (Å²) in [5.74, 6) is 0.935. The Hall–Kier alpha value is -0.580. The van der Waals surface area contributed by atoms with Crippen LogP contribution in [-0.4, -0.2) is 6.54 Å². The maximum absolute atomic E-state index is 5.57. The summed E-state index contributed by atoms with van der Waals surface area (Å²) in [5.41, 5.74) is 2.39. The molecule has 1 atom stereocenters. The van der Waals surface area contributed by atoms with Gasteiger partial charge in [0.05, 0.1) is 12.3 Å². The minimum atomic E-state index is 0.0706. The first-order valence-corrected chi connectivity index (χ1v) is 7.94. The molecule has 2 rings (SSSR count). The molecule has 19 heavy (non-hydrogen) atoms. The number of rotatable bonds is 5. The SMILES string of the molecule is CCCNC(c1ccco1)c1cc(Br)c(C)cc1Br. The van der Waals surface area contributed by atoms with Gasteiger partial charge in [-0.3, -0.25) is 0 Å². The first-order valence-electron chi connectivity index (χ1n) is 6.35. The molecule has 0 fully saturated rings. The lowest BCUT2D eigenvalue weighted by Crippen LogP contribution is -2.23. The van der Waals surface area contributed by atoms with Crippen molar-refractivity contribution in [3.63, 3.8) is 0 Å². The van der Waals surface area contributed by atoms with Crippen LogP contribution in [0.25, 0.3) is 0 Å². The highest BCUT2D eigenvalue weighted by Crippen LogP contribution is 2.33. The Morgan fingerprint density at radius 1 is 1.26 bits per heavy atom. The Balaban J connectivity index is 2.40. The Bertz CT molecular complexity index is 537. The van der Waals surface area contributed by atoms with E-state index in [1.54, 1.807) is 6.26 Å². The van der Waals surface area contributed by atoms with Crippen molar-refractivity contribution in [1.29, 1.82) is 0 Å². The van der Waals surface area contributed by atoms with Crippen molar-refractivity contribution >= 4 is 31.9 Å². The van der Waals surface area contributed by atoms with E-state index in [2.05, 4.69) is 63.2 Å². The van der Waals surface area contributed by atoms with Crippen LogP contribution >= 0.6 is 31.9 Å². The molecule has 0 aliphatic carbocycles.